The van der Waals surface area contributed by atoms with Crippen LogP contribution in [0.5, 0.6) is 11.5 Å². The monoisotopic (exact) mass is 420 g/mol. The van der Waals surface area contributed by atoms with Crippen molar-refractivity contribution in [2.75, 3.05) is 13.2 Å². The summed E-state index contributed by atoms with van der Waals surface area (Å²) >= 11 is 0. The number of ether oxygens (including phenoxy) is 2. The van der Waals surface area contributed by atoms with Gasteiger partial charge in [-0.15, -0.1) is 0 Å². The third-order valence-corrected chi connectivity index (χ3v) is 7.21. The van der Waals surface area contributed by atoms with Crippen LogP contribution in [-0.2, 0) is 29.5 Å². The minimum Gasteiger partial charge on any atom is -0.486 e. The normalized spacial score (nSPS) is 21.4. The predicted molar refractivity (Wildman–Crippen MR) is 104 cm³/mol. The molecule has 1 saturated carbocycles. The number of rotatable bonds is 5. The van der Waals surface area contributed by atoms with Crippen molar-refractivity contribution < 1.29 is 17.9 Å². The van der Waals surface area contributed by atoms with Crippen LogP contribution in [0.15, 0.2) is 27.9 Å². The number of hydrogen-bond donors (Lipinski definition) is 1. The summed E-state index contributed by atoms with van der Waals surface area (Å²) in [5.41, 5.74) is -0.0813. The Hall–Kier alpha value is -2.33. The molecule has 1 unspecified atom stereocenters. The zero-order valence-corrected chi connectivity index (χ0v) is 16.9. The van der Waals surface area contributed by atoms with Crippen LogP contribution in [0.3, 0.4) is 0 Å². The first-order chi connectivity index (χ1) is 14.0. The summed E-state index contributed by atoms with van der Waals surface area (Å²) in [6, 6.07) is 4.38. The summed E-state index contributed by atoms with van der Waals surface area (Å²) < 4.78 is 42.7. The number of fused-ring (bicyclic) bond motifs is 2. The van der Waals surface area contributed by atoms with Gasteiger partial charge >= 0.3 is 5.69 Å². The maximum atomic E-state index is 12.9. The molecule has 1 aliphatic carbocycles. The van der Waals surface area contributed by atoms with Crippen LogP contribution in [0.25, 0.3) is 0 Å². The van der Waals surface area contributed by atoms with Gasteiger partial charge in [-0.1, -0.05) is 0 Å². The van der Waals surface area contributed by atoms with E-state index in [1.165, 1.54) is 25.0 Å². The van der Waals surface area contributed by atoms with Crippen molar-refractivity contribution in [3.05, 3.63) is 34.5 Å². The number of hydrogen-bond acceptors (Lipinski definition) is 6. The Balaban J connectivity index is 1.29. The summed E-state index contributed by atoms with van der Waals surface area (Å²) in [6.07, 6.45) is 4.05. The number of sulfonamides is 1. The maximum absolute atomic E-state index is 12.9. The molecule has 1 fully saturated rings. The molecule has 3 heterocycles. The number of nitrogens with one attached hydrogen (secondary N) is 1. The summed E-state index contributed by atoms with van der Waals surface area (Å²) in [6.45, 7) is 2.01. The second-order valence-corrected chi connectivity index (χ2v) is 9.64. The highest BCUT2D eigenvalue weighted by Gasteiger charge is 2.28. The lowest BCUT2D eigenvalue weighted by Gasteiger charge is -2.20. The molecule has 1 N–H and O–H groups in total. The minimum absolute atomic E-state index is 0.0813. The van der Waals surface area contributed by atoms with Crippen LogP contribution in [-0.4, -0.2) is 42.0 Å². The van der Waals surface area contributed by atoms with Crippen molar-refractivity contribution in [3.8, 4) is 11.5 Å². The van der Waals surface area contributed by atoms with Crippen LogP contribution in [0, 0.1) is 5.92 Å². The van der Waals surface area contributed by atoms with Crippen molar-refractivity contribution in [3.63, 3.8) is 0 Å². The van der Waals surface area contributed by atoms with Gasteiger partial charge in [-0.2, -0.15) is 5.10 Å². The Morgan fingerprint density at radius 3 is 2.69 bits per heavy atom. The molecule has 1 aromatic heterocycles. The minimum atomic E-state index is -3.70. The Bertz CT molecular complexity index is 1090. The van der Waals surface area contributed by atoms with Crippen molar-refractivity contribution in [1.82, 2.24) is 19.1 Å². The third kappa shape index (κ3) is 3.78. The van der Waals surface area contributed by atoms with Gasteiger partial charge in [0.05, 0.1) is 4.90 Å². The summed E-state index contributed by atoms with van der Waals surface area (Å²) in [4.78, 5) is 12.7. The molecule has 2 aliphatic heterocycles. The second kappa shape index (κ2) is 7.17. The highest BCUT2D eigenvalue weighted by atomic mass is 32.2. The molecule has 2 aromatic rings. The van der Waals surface area contributed by atoms with E-state index in [1.807, 2.05) is 0 Å². The van der Waals surface area contributed by atoms with E-state index in [0.29, 0.717) is 63.0 Å². The van der Waals surface area contributed by atoms with Crippen LogP contribution in [0.1, 0.15) is 31.5 Å². The molecule has 1 aromatic carbocycles. The molecule has 156 valence electrons. The van der Waals surface area contributed by atoms with Crippen LogP contribution < -0.4 is 19.9 Å². The maximum Gasteiger partial charge on any atom is 0.345 e. The fourth-order valence-electron chi connectivity index (χ4n) is 3.89. The number of benzene rings is 1. The van der Waals surface area contributed by atoms with Crippen LogP contribution in [0.4, 0.5) is 0 Å². The number of nitrogens with zero attached hydrogens (tertiary/aromatic N) is 3. The van der Waals surface area contributed by atoms with Gasteiger partial charge in [-0.3, -0.25) is 4.57 Å². The van der Waals surface area contributed by atoms with E-state index in [-0.39, 0.29) is 16.6 Å². The molecule has 0 radical (unpaired) electrons. The van der Waals surface area contributed by atoms with E-state index in [1.54, 1.807) is 15.3 Å². The Morgan fingerprint density at radius 2 is 1.90 bits per heavy atom. The SMILES string of the molecule is O=c1n(CC2CC2)nc2n1CCC(NS(=O)(=O)c1ccc3c(c1)OCCO3)CC2. The largest absolute Gasteiger partial charge is 0.486 e. The first-order valence-electron chi connectivity index (χ1n) is 10.1. The smallest absolute Gasteiger partial charge is 0.345 e. The summed E-state index contributed by atoms with van der Waals surface area (Å²) in [5, 5.41) is 4.49. The fourth-order valence-corrected chi connectivity index (χ4v) is 5.21. The zero-order valence-electron chi connectivity index (χ0n) is 16.0. The first kappa shape index (κ1) is 18.7. The van der Waals surface area contributed by atoms with E-state index < -0.39 is 10.0 Å². The van der Waals surface area contributed by atoms with Gasteiger partial charge in [-0.25, -0.2) is 22.6 Å². The van der Waals surface area contributed by atoms with Gasteiger partial charge in [0.15, 0.2) is 11.5 Å². The van der Waals surface area contributed by atoms with Gasteiger partial charge in [0.2, 0.25) is 10.0 Å². The Morgan fingerprint density at radius 1 is 1.10 bits per heavy atom. The topological polar surface area (TPSA) is 104 Å². The summed E-state index contributed by atoms with van der Waals surface area (Å²) in [5.74, 6) is 2.32. The molecule has 0 saturated heterocycles. The van der Waals surface area contributed by atoms with Gasteiger partial charge in [0.25, 0.3) is 0 Å². The fraction of sp³-hybridized carbons (Fsp3) is 0.579. The van der Waals surface area contributed by atoms with E-state index in [2.05, 4.69) is 9.82 Å². The molecule has 1 atom stereocenters. The standard InChI is InChI=1S/C19H24N4O5S/c24-19-22-8-7-14(3-6-18(22)20-23(19)12-13-1-2-13)21-29(25,26)15-4-5-16-17(11-15)28-10-9-27-16/h4-5,11,13-14,21H,1-3,6-10,12H2. The average Bonchev–Trinajstić information content (AvgIpc) is 3.50. The third-order valence-electron chi connectivity index (χ3n) is 5.69. The highest BCUT2D eigenvalue weighted by Crippen LogP contribution is 2.32. The lowest BCUT2D eigenvalue weighted by molar-refractivity contribution is 0.171. The van der Waals surface area contributed by atoms with Gasteiger partial charge in [0.1, 0.15) is 19.0 Å². The Kier molecular flexibility index (Phi) is 4.62. The highest BCUT2D eigenvalue weighted by molar-refractivity contribution is 7.89. The van der Waals surface area contributed by atoms with E-state index >= 15 is 0 Å². The quantitative estimate of drug-likeness (QED) is 0.771. The van der Waals surface area contributed by atoms with E-state index in [4.69, 9.17) is 9.47 Å². The Labute approximate surface area is 168 Å². The lowest BCUT2D eigenvalue weighted by Crippen LogP contribution is -2.36. The van der Waals surface area contributed by atoms with Gasteiger partial charge in [-0.05, 0) is 43.7 Å². The molecule has 5 rings (SSSR count). The molecule has 0 bridgehead atoms. The van der Waals surface area contributed by atoms with Crippen LogP contribution >= 0.6 is 0 Å². The molecule has 29 heavy (non-hydrogen) atoms. The van der Waals surface area contributed by atoms with Crippen molar-refractivity contribution in [2.24, 2.45) is 5.92 Å². The average molecular weight is 420 g/mol. The summed E-state index contributed by atoms with van der Waals surface area (Å²) in [7, 11) is -3.70. The molecular formula is C19H24N4O5S. The van der Waals surface area contributed by atoms with Crippen molar-refractivity contribution in [2.45, 2.75) is 56.1 Å². The van der Waals surface area contributed by atoms with Gasteiger partial charge in [0, 0.05) is 31.6 Å². The molecule has 9 nitrogen and oxygen atoms in total. The molecule has 10 heteroatoms. The van der Waals surface area contributed by atoms with E-state index in [9.17, 15) is 13.2 Å². The predicted octanol–water partition coefficient (Wildman–Crippen LogP) is 0.909. The second-order valence-electron chi connectivity index (χ2n) is 7.93. The van der Waals surface area contributed by atoms with Gasteiger partial charge < -0.3 is 9.47 Å². The molecular weight excluding hydrogens is 396 g/mol. The first-order valence-corrected chi connectivity index (χ1v) is 11.6. The van der Waals surface area contributed by atoms with Crippen LogP contribution in [0.2, 0.25) is 0 Å². The zero-order chi connectivity index (χ0) is 20.0. The number of aromatic nitrogens is 3. The molecule has 3 aliphatic rings. The van der Waals surface area contributed by atoms with E-state index in [0.717, 1.165) is 5.82 Å². The molecule has 0 spiro atoms. The lowest BCUT2D eigenvalue weighted by atomic mass is 10.1. The van der Waals surface area contributed by atoms with Crippen molar-refractivity contribution in [1.29, 1.82) is 0 Å². The molecule has 0 amide bonds. The number of aryl methyl sites for hydroxylation is 1. The van der Waals surface area contributed by atoms with Crippen molar-refractivity contribution >= 4 is 10.0 Å².